The first-order valence-corrected chi connectivity index (χ1v) is 4.07. The zero-order valence-electron chi connectivity index (χ0n) is 6.30. The minimum Gasteiger partial charge on any atom is -0.369 e. The summed E-state index contributed by atoms with van der Waals surface area (Å²) in [5.74, 6) is 0.793. The van der Waals surface area contributed by atoms with Crippen molar-refractivity contribution in [1.29, 1.82) is 0 Å². The van der Waals surface area contributed by atoms with Crippen LogP contribution in [0.3, 0.4) is 0 Å². The predicted molar refractivity (Wildman–Crippen MR) is 46.8 cm³/mol. The molecule has 1 aromatic heterocycles. The third-order valence-corrected chi connectivity index (χ3v) is 2.26. The Morgan fingerprint density at radius 2 is 2.50 bits per heavy atom. The number of hydrogen-bond donors (Lipinski definition) is 1. The Labute approximate surface area is 74.8 Å². The van der Waals surface area contributed by atoms with Crippen LogP contribution < -0.4 is 5.32 Å². The topological polar surface area (TPSA) is 42.0 Å². The van der Waals surface area contributed by atoms with Gasteiger partial charge in [0.15, 0.2) is 6.29 Å². The number of nitrogens with one attached hydrogen (secondary N) is 1. The van der Waals surface area contributed by atoms with E-state index in [1.54, 1.807) is 0 Å². The molecular formula is C8H7ClN2O. The van der Waals surface area contributed by atoms with Gasteiger partial charge in [-0.1, -0.05) is 11.6 Å². The van der Waals surface area contributed by atoms with Crippen molar-refractivity contribution in [1.82, 2.24) is 4.98 Å². The van der Waals surface area contributed by atoms with Gasteiger partial charge < -0.3 is 5.32 Å². The minimum atomic E-state index is 0.437. The van der Waals surface area contributed by atoms with E-state index >= 15 is 0 Å². The van der Waals surface area contributed by atoms with Crippen molar-refractivity contribution in [2.75, 3.05) is 11.9 Å². The fourth-order valence-electron chi connectivity index (χ4n) is 1.38. The summed E-state index contributed by atoms with van der Waals surface area (Å²) in [4.78, 5) is 14.7. The Morgan fingerprint density at radius 3 is 3.25 bits per heavy atom. The lowest BCUT2D eigenvalue weighted by atomic mass is 10.1. The Kier molecular flexibility index (Phi) is 1.73. The molecule has 2 rings (SSSR count). The normalized spacial score (nSPS) is 13.8. The second-order valence-electron chi connectivity index (χ2n) is 2.64. The van der Waals surface area contributed by atoms with E-state index in [1.165, 1.54) is 6.20 Å². The van der Waals surface area contributed by atoms with E-state index in [2.05, 4.69) is 10.3 Å². The van der Waals surface area contributed by atoms with Crippen LogP contribution in [0, 0.1) is 0 Å². The quantitative estimate of drug-likeness (QED) is 0.670. The van der Waals surface area contributed by atoms with Crippen LogP contribution in [0.5, 0.6) is 0 Å². The van der Waals surface area contributed by atoms with Crippen LogP contribution in [0.25, 0.3) is 0 Å². The Bertz CT molecular complexity index is 338. The summed E-state index contributed by atoms with van der Waals surface area (Å²) in [6.07, 6.45) is 3.12. The molecule has 0 aliphatic carbocycles. The van der Waals surface area contributed by atoms with Crippen molar-refractivity contribution in [2.24, 2.45) is 0 Å². The molecule has 0 amide bonds. The van der Waals surface area contributed by atoms with Gasteiger partial charge in [-0.2, -0.15) is 0 Å². The lowest BCUT2D eigenvalue weighted by molar-refractivity contribution is 0.112. The molecule has 0 radical (unpaired) electrons. The number of carbonyl (C=O) groups excluding carboxylic acids is 1. The number of anilines is 1. The first-order chi connectivity index (χ1) is 5.83. The molecule has 1 aliphatic rings. The second-order valence-corrected chi connectivity index (χ2v) is 3.05. The van der Waals surface area contributed by atoms with Crippen LogP contribution in [-0.2, 0) is 6.42 Å². The van der Waals surface area contributed by atoms with Gasteiger partial charge in [-0.15, -0.1) is 0 Å². The number of aromatic nitrogens is 1. The number of halogens is 1. The van der Waals surface area contributed by atoms with E-state index in [9.17, 15) is 4.79 Å². The highest BCUT2D eigenvalue weighted by molar-refractivity contribution is 6.33. The molecule has 3 nitrogen and oxygen atoms in total. The van der Waals surface area contributed by atoms with Gasteiger partial charge in [0.05, 0.1) is 5.02 Å². The lowest BCUT2D eigenvalue weighted by Crippen LogP contribution is -1.93. The summed E-state index contributed by atoms with van der Waals surface area (Å²) in [5.41, 5.74) is 1.52. The number of carbonyl (C=O) groups is 1. The van der Waals surface area contributed by atoms with E-state index in [0.29, 0.717) is 10.6 Å². The molecular weight excluding hydrogens is 176 g/mol. The lowest BCUT2D eigenvalue weighted by Gasteiger charge is -2.01. The second kappa shape index (κ2) is 2.75. The number of rotatable bonds is 1. The van der Waals surface area contributed by atoms with E-state index in [1.807, 2.05) is 0 Å². The molecule has 12 heavy (non-hydrogen) atoms. The van der Waals surface area contributed by atoms with Crippen LogP contribution in [0.4, 0.5) is 5.82 Å². The van der Waals surface area contributed by atoms with Crippen molar-refractivity contribution in [2.45, 2.75) is 6.42 Å². The number of hydrogen-bond acceptors (Lipinski definition) is 3. The van der Waals surface area contributed by atoms with E-state index in [4.69, 9.17) is 11.6 Å². The highest BCUT2D eigenvalue weighted by Gasteiger charge is 2.17. The molecule has 0 atom stereocenters. The standard InChI is InChI=1S/C8H7ClN2O/c9-7-3-11-8-5(1-2-10-8)6(7)4-12/h3-4H,1-2H2,(H,10,11). The smallest absolute Gasteiger partial charge is 0.152 e. The molecule has 0 fully saturated rings. The molecule has 0 unspecified atom stereocenters. The summed E-state index contributed by atoms with van der Waals surface area (Å²) in [7, 11) is 0. The molecule has 0 saturated carbocycles. The highest BCUT2D eigenvalue weighted by Crippen LogP contribution is 2.26. The van der Waals surface area contributed by atoms with Crippen LogP contribution >= 0.6 is 11.6 Å². The fourth-order valence-corrected chi connectivity index (χ4v) is 1.59. The van der Waals surface area contributed by atoms with E-state index in [-0.39, 0.29) is 0 Å². The van der Waals surface area contributed by atoms with Crippen LogP contribution in [0.1, 0.15) is 15.9 Å². The van der Waals surface area contributed by atoms with Gasteiger partial charge in [-0.05, 0) is 6.42 Å². The zero-order valence-corrected chi connectivity index (χ0v) is 7.06. The van der Waals surface area contributed by atoms with Gasteiger partial charge >= 0.3 is 0 Å². The van der Waals surface area contributed by atoms with Gasteiger partial charge in [0, 0.05) is 23.9 Å². The van der Waals surface area contributed by atoms with Crippen molar-refractivity contribution in [3.05, 3.63) is 22.3 Å². The molecule has 0 bridgehead atoms. The number of fused-ring (bicyclic) bond motifs is 1. The Morgan fingerprint density at radius 1 is 1.67 bits per heavy atom. The Hall–Kier alpha value is -1.09. The summed E-state index contributed by atoms with van der Waals surface area (Å²) in [5, 5.41) is 3.51. The number of pyridine rings is 1. The summed E-state index contributed by atoms with van der Waals surface area (Å²) in [6, 6.07) is 0. The van der Waals surface area contributed by atoms with Gasteiger partial charge in [-0.25, -0.2) is 4.98 Å². The average molecular weight is 183 g/mol. The third-order valence-electron chi connectivity index (χ3n) is 1.96. The van der Waals surface area contributed by atoms with Crippen molar-refractivity contribution in [3.63, 3.8) is 0 Å². The fraction of sp³-hybridized carbons (Fsp3) is 0.250. The van der Waals surface area contributed by atoms with Crippen molar-refractivity contribution < 1.29 is 4.79 Å². The molecule has 0 aromatic carbocycles. The van der Waals surface area contributed by atoms with E-state index < -0.39 is 0 Å². The maximum atomic E-state index is 10.6. The highest BCUT2D eigenvalue weighted by atomic mass is 35.5. The van der Waals surface area contributed by atoms with Crippen molar-refractivity contribution in [3.8, 4) is 0 Å². The van der Waals surface area contributed by atoms with Crippen LogP contribution in [0.2, 0.25) is 5.02 Å². The largest absolute Gasteiger partial charge is 0.369 e. The number of aldehydes is 1. The van der Waals surface area contributed by atoms with E-state index in [0.717, 1.165) is 30.6 Å². The minimum absolute atomic E-state index is 0.437. The molecule has 62 valence electrons. The first kappa shape index (κ1) is 7.55. The molecule has 1 aliphatic heterocycles. The zero-order chi connectivity index (χ0) is 8.55. The average Bonchev–Trinajstić information content (AvgIpc) is 2.52. The summed E-state index contributed by atoms with van der Waals surface area (Å²) < 4.78 is 0. The summed E-state index contributed by atoms with van der Waals surface area (Å²) in [6.45, 7) is 0.837. The van der Waals surface area contributed by atoms with Crippen LogP contribution in [-0.4, -0.2) is 17.8 Å². The maximum Gasteiger partial charge on any atom is 0.152 e. The van der Waals surface area contributed by atoms with Crippen LogP contribution in [0.15, 0.2) is 6.20 Å². The SMILES string of the molecule is O=Cc1c(Cl)cnc2c1CCN2. The van der Waals surface area contributed by atoms with Gasteiger partial charge in [0.2, 0.25) is 0 Å². The maximum absolute atomic E-state index is 10.6. The van der Waals surface area contributed by atoms with Crippen molar-refractivity contribution >= 4 is 23.7 Å². The predicted octanol–water partition coefficient (Wildman–Crippen LogP) is 1.52. The van der Waals surface area contributed by atoms with Gasteiger partial charge in [0.1, 0.15) is 5.82 Å². The molecule has 0 saturated heterocycles. The molecule has 0 spiro atoms. The van der Waals surface area contributed by atoms with Gasteiger partial charge in [-0.3, -0.25) is 4.79 Å². The Balaban J connectivity index is 2.65. The monoisotopic (exact) mass is 182 g/mol. The molecule has 1 aromatic rings. The first-order valence-electron chi connectivity index (χ1n) is 3.69. The molecule has 1 N–H and O–H groups in total. The molecule has 4 heteroatoms. The summed E-state index contributed by atoms with van der Waals surface area (Å²) >= 11 is 5.79. The van der Waals surface area contributed by atoms with Gasteiger partial charge in [0.25, 0.3) is 0 Å². The third kappa shape index (κ3) is 0.975. The number of nitrogens with zero attached hydrogens (tertiary/aromatic N) is 1. The molecule has 2 heterocycles.